The number of nitrogens with one attached hydrogen (secondary N) is 1. The Labute approximate surface area is 144 Å². The number of rotatable bonds is 4. The molecule has 3 rings (SSSR count). The van der Waals surface area contributed by atoms with Crippen LogP contribution in [0.3, 0.4) is 0 Å². The predicted molar refractivity (Wildman–Crippen MR) is 90.1 cm³/mol. The number of halogens is 3. The Morgan fingerprint density at radius 1 is 1.05 bits per heavy atom. The Balaban J connectivity index is 1.91. The fourth-order valence-electron chi connectivity index (χ4n) is 2.70. The van der Waals surface area contributed by atoms with Crippen LogP contribution in [0.15, 0.2) is 36.7 Å². The summed E-state index contributed by atoms with van der Waals surface area (Å²) in [6.07, 6.45) is 4.30. The van der Waals surface area contributed by atoms with Crippen LogP contribution in [0.5, 0.6) is 5.75 Å². The summed E-state index contributed by atoms with van der Waals surface area (Å²) in [5.41, 5.74) is 0.956. The molecule has 0 aliphatic carbocycles. The summed E-state index contributed by atoms with van der Waals surface area (Å²) in [5, 5.41) is 5.06. The number of hydrogen-bond donors (Lipinski definition) is 1. The standard InChI is InChI=1S/C16H15Cl3N2O/c17-12-4-13(18)6-15(5-12)22-16(10-1-2-20-7-10)11-3-14(19)9-21-8-11/h3-6,8-10,16,20H,1-2,7H2/t10-,16?/m0/s1. The normalized spacial score (nSPS) is 19.1. The molecule has 0 amide bonds. The van der Waals surface area contributed by atoms with Gasteiger partial charge in [-0.05, 0) is 37.2 Å². The first-order chi connectivity index (χ1) is 10.6. The highest BCUT2D eigenvalue weighted by molar-refractivity contribution is 6.34. The molecule has 0 saturated carbocycles. The minimum atomic E-state index is -0.143. The largest absolute Gasteiger partial charge is 0.485 e. The molecule has 1 saturated heterocycles. The van der Waals surface area contributed by atoms with Crippen molar-refractivity contribution in [2.45, 2.75) is 12.5 Å². The van der Waals surface area contributed by atoms with Crippen LogP contribution < -0.4 is 10.1 Å². The first-order valence-corrected chi connectivity index (χ1v) is 8.19. The second-order valence-electron chi connectivity index (χ2n) is 5.33. The first-order valence-electron chi connectivity index (χ1n) is 7.06. The molecule has 1 aromatic carbocycles. The summed E-state index contributed by atoms with van der Waals surface area (Å²) in [6, 6.07) is 7.11. The number of hydrogen-bond acceptors (Lipinski definition) is 3. The number of aromatic nitrogens is 1. The molecule has 1 aromatic heterocycles. The molecular weight excluding hydrogens is 343 g/mol. The van der Waals surface area contributed by atoms with Crippen molar-refractivity contribution in [2.24, 2.45) is 5.92 Å². The van der Waals surface area contributed by atoms with Gasteiger partial charge in [0.15, 0.2) is 0 Å². The van der Waals surface area contributed by atoms with Crippen LogP contribution >= 0.6 is 34.8 Å². The second kappa shape index (κ2) is 7.05. The van der Waals surface area contributed by atoms with E-state index in [4.69, 9.17) is 39.5 Å². The summed E-state index contributed by atoms with van der Waals surface area (Å²) >= 11 is 18.2. The molecule has 1 N–H and O–H groups in total. The molecule has 0 spiro atoms. The molecule has 0 radical (unpaired) electrons. The lowest BCUT2D eigenvalue weighted by atomic mass is 9.96. The smallest absolute Gasteiger partial charge is 0.129 e. The van der Waals surface area contributed by atoms with Gasteiger partial charge in [0, 0.05) is 40.5 Å². The molecule has 1 fully saturated rings. The van der Waals surface area contributed by atoms with Gasteiger partial charge in [-0.2, -0.15) is 0 Å². The maximum Gasteiger partial charge on any atom is 0.129 e. The minimum absolute atomic E-state index is 0.143. The van der Waals surface area contributed by atoms with Crippen LogP contribution in [0.4, 0.5) is 0 Å². The fraction of sp³-hybridized carbons (Fsp3) is 0.312. The Kier molecular flexibility index (Phi) is 5.09. The van der Waals surface area contributed by atoms with E-state index in [1.165, 1.54) is 0 Å². The van der Waals surface area contributed by atoms with Crippen molar-refractivity contribution in [3.05, 3.63) is 57.3 Å². The first kappa shape index (κ1) is 15.9. The van der Waals surface area contributed by atoms with E-state index < -0.39 is 0 Å². The molecule has 2 atom stereocenters. The summed E-state index contributed by atoms with van der Waals surface area (Å²) in [4.78, 5) is 4.17. The molecule has 2 aromatic rings. The third kappa shape index (κ3) is 3.85. The van der Waals surface area contributed by atoms with Crippen LogP contribution in [-0.4, -0.2) is 18.1 Å². The van der Waals surface area contributed by atoms with E-state index in [2.05, 4.69) is 10.3 Å². The number of benzene rings is 1. The molecule has 3 nitrogen and oxygen atoms in total. The quantitative estimate of drug-likeness (QED) is 0.855. The van der Waals surface area contributed by atoms with E-state index in [0.717, 1.165) is 25.1 Å². The van der Waals surface area contributed by atoms with Gasteiger partial charge in [0.2, 0.25) is 0 Å². The highest BCUT2D eigenvalue weighted by Crippen LogP contribution is 2.34. The van der Waals surface area contributed by atoms with Crippen molar-refractivity contribution in [3.8, 4) is 5.75 Å². The molecule has 0 bridgehead atoms. The Morgan fingerprint density at radius 2 is 1.82 bits per heavy atom. The fourth-order valence-corrected chi connectivity index (χ4v) is 3.39. The molecule has 6 heteroatoms. The van der Waals surface area contributed by atoms with Gasteiger partial charge in [-0.15, -0.1) is 0 Å². The van der Waals surface area contributed by atoms with Crippen molar-refractivity contribution in [2.75, 3.05) is 13.1 Å². The monoisotopic (exact) mass is 356 g/mol. The highest BCUT2D eigenvalue weighted by Gasteiger charge is 2.28. The topological polar surface area (TPSA) is 34.1 Å². The van der Waals surface area contributed by atoms with Gasteiger partial charge >= 0.3 is 0 Å². The van der Waals surface area contributed by atoms with E-state index in [9.17, 15) is 0 Å². The third-order valence-corrected chi connectivity index (χ3v) is 4.32. The van der Waals surface area contributed by atoms with Gasteiger partial charge in [0.1, 0.15) is 11.9 Å². The number of ether oxygens (including phenoxy) is 1. The maximum absolute atomic E-state index is 6.19. The molecule has 1 aliphatic rings. The average molecular weight is 358 g/mol. The SMILES string of the molecule is Clc1cc(Cl)cc(OC(c2cncc(Cl)c2)[C@H]2CCNC2)c1. The van der Waals surface area contributed by atoms with Crippen molar-refractivity contribution in [1.82, 2.24) is 10.3 Å². The van der Waals surface area contributed by atoms with Crippen molar-refractivity contribution >= 4 is 34.8 Å². The van der Waals surface area contributed by atoms with Crippen LogP contribution in [0.2, 0.25) is 15.1 Å². The van der Waals surface area contributed by atoms with Crippen molar-refractivity contribution < 1.29 is 4.74 Å². The van der Waals surface area contributed by atoms with Crippen LogP contribution in [-0.2, 0) is 0 Å². The van der Waals surface area contributed by atoms with Crippen molar-refractivity contribution in [1.29, 1.82) is 0 Å². The van der Waals surface area contributed by atoms with E-state index in [0.29, 0.717) is 26.7 Å². The third-order valence-electron chi connectivity index (χ3n) is 3.68. The van der Waals surface area contributed by atoms with Gasteiger partial charge < -0.3 is 10.1 Å². The van der Waals surface area contributed by atoms with E-state index in [-0.39, 0.29) is 6.10 Å². The van der Waals surface area contributed by atoms with Crippen LogP contribution in [0, 0.1) is 5.92 Å². The maximum atomic E-state index is 6.19. The van der Waals surface area contributed by atoms with Crippen LogP contribution in [0.25, 0.3) is 0 Å². The van der Waals surface area contributed by atoms with Gasteiger partial charge in [0.05, 0.1) is 5.02 Å². The summed E-state index contributed by atoms with van der Waals surface area (Å²) in [7, 11) is 0. The number of pyridine rings is 1. The molecular formula is C16H15Cl3N2O. The average Bonchev–Trinajstić information content (AvgIpc) is 2.97. The lowest BCUT2D eigenvalue weighted by molar-refractivity contribution is 0.144. The Hall–Kier alpha value is -1.00. The second-order valence-corrected chi connectivity index (χ2v) is 6.64. The molecule has 22 heavy (non-hydrogen) atoms. The van der Waals surface area contributed by atoms with E-state index in [1.807, 2.05) is 6.07 Å². The Morgan fingerprint density at radius 3 is 2.45 bits per heavy atom. The highest BCUT2D eigenvalue weighted by atomic mass is 35.5. The molecule has 1 aliphatic heterocycles. The van der Waals surface area contributed by atoms with Gasteiger partial charge in [-0.3, -0.25) is 4.98 Å². The zero-order valence-electron chi connectivity index (χ0n) is 11.7. The Bertz CT molecular complexity index is 639. The van der Waals surface area contributed by atoms with Gasteiger partial charge in [-0.1, -0.05) is 34.8 Å². The van der Waals surface area contributed by atoms with Gasteiger partial charge in [-0.25, -0.2) is 0 Å². The van der Waals surface area contributed by atoms with Crippen molar-refractivity contribution in [3.63, 3.8) is 0 Å². The molecule has 1 unspecified atom stereocenters. The summed E-state index contributed by atoms with van der Waals surface area (Å²) < 4.78 is 6.19. The van der Waals surface area contributed by atoms with Crippen LogP contribution in [0.1, 0.15) is 18.1 Å². The summed E-state index contributed by atoms with van der Waals surface area (Å²) in [6.45, 7) is 1.88. The minimum Gasteiger partial charge on any atom is -0.485 e. The molecule has 116 valence electrons. The summed E-state index contributed by atoms with van der Waals surface area (Å²) in [5.74, 6) is 0.993. The van der Waals surface area contributed by atoms with Gasteiger partial charge in [0.25, 0.3) is 0 Å². The lowest BCUT2D eigenvalue weighted by Crippen LogP contribution is -2.21. The van der Waals surface area contributed by atoms with E-state index >= 15 is 0 Å². The molecule has 2 heterocycles. The zero-order valence-corrected chi connectivity index (χ0v) is 14.0. The zero-order chi connectivity index (χ0) is 15.5. The lowest BCUT2D eigenvalue weighted by Gasteiger charge is -2.25. The number of nitrogens with zero attached hydrogens (tertiary/aromatic N) is 1. The predicted octanol–water partition coefficient (Wildman–Crippen LogP) is 4.77. The van der Waals surface area contributed by atoms with E-state index in [1.54, 1.807) is 30.6 Å².